The number of carbonyl (C=O) groups is 1. The van der Waals surface area contributed by atoms with E-state index in [2.05, 4.69) is 20.8 Å². The largest absolute Gasteiger partial charge is 0.410 e. The molecule has 0 unspecified atom stereocenters. The van der Waals surface area contributed by atoms with E-state index in [1.54, 1.807) is 29.8 Å². The summed E-state index contributed by atoms with van der Waals surface area (Å²) in [5.41, 5.74) is 1.45. The first-order chi connectivity index (χ1) is 15.8. The number of fused-ring (bicyclic) bond motifs is 1. The van der Waals surface area contributed by atoms with Crippen LogP contribution in [0.4, 0.5) is 24.8 Å². The molecule has 5 rings (SSSR count). The van der Waals surface area contributed by atoms with Crippen molar-refractivity contribution >= 4 is 28.9 Å². The summed E-state index contributed by atoms with van der Waals surface area (Å²) in [5, 5.41) is 16.0. The molecule has 0 fully saturated rings. The highest BCUT2D eigenvalue weighted by atomic mass is 32.1. The number of thiophene rings is 1. The Labute approximate surface area is 190 Å². The van der Waals surface area contributed by atoms with Gasteiger partial charge in [0.05, 0.1) is 23.6 Å². The standard InChI is InChI=1S/C22H19F3N6OS/c1-13-10-19(30(29-13)14-6-3-2-4-7-14)28-21(32)15-12-26-31-18(22(23,24)25)11-16(27-20(15)31)17-8-5-9-33-17/h2-10,12,16,18,27H,11H2,1H3,(H,28,32)/t16-,18-/m0/s1. The van der Waals surface area contributed by atoms with Gasteiger partial charge >= 0.3 is 6.18 Å². The minimum Gasteiger partial charge on any atom is -0.362 e. The predicted octanol–water partition coefficient (Wildman–Crippen LogP) is 5.35. The highest BCUT2D eigenvalue weighted by Crippen LogP contribution is 2.45. The lowest BCUT2D eigenvalue weighted by Gasteiger charge is -2.33. The molecule has 4 aromatic rings. The fraction of sp³-hybridized carbons (Fsp3) is 0.227. The van der Waals surface area contributed by atoms with Crippen molar-refractivity contribution in [2.45, 2.75) is 31.6 Å². The van der Waals surface area contributed by atoms with Gasteiger partial charge in [-0.3, -0.25) is 4.79 Å². The second-order valence-electron chi connectivity index (χ2n) is 7.73. The van der Waals surface area contributed by atoms with Gasteiger partial charge < -0.3 is 10.6 Å². The van der Waals surface area contributed by atoms with Gasteiger partial charge in [-0.15, -0.1) is 11.3 Å². The van der Waals surface area contributed by atoms with E-state index in [0.717, 1.165) is 15.2 Å². The number of halogens is 3. The van der Waals surface area contributed by atoms with Gasteiger partial charge in [0, 0.05) is 17.4 Å². The molecular formula is C22H19F3N6OS. The zero-order valence-corrected chi connectivity index (χ0v) is 18.2. The first kappa shape index (κ1) is 21.3. The van der Waals surface area contributed by atoms with Crippen LogP contribution in [0.25, 0.3) is 5.69 Å². The van der Waals surface area contributed by atoms with Crippen LogP contribution in [0.3, 0.4) is 0 Å². The maximum Gasteiger partial charge on any atom is 0.410 e. The van der Waals surface area contributed by atoms with Gasteiger partial charge in [0.15, 0.2) is 6.04 Å². The molecule has 0 saturated heterocycles. The topological polar surface area (TPSA) is 76.8 Å². The molecule has 2 N–H and O–H groups in total. The number of nitrogens with one attached hydrogen (secondary N) is 2. The van der Waals surface area contributed by atoms with Crippen molar-refractivity contribution in [3.63, 3.8) is 0 Å². The Kier molecular flexibility index (Phi) is 5.20. The average molecular weight is 472 g/mol. The van der Waals surface area contributed by atoms with Crippen LogP contribution in [0, 0.1) is 6.92 Å². The zero-order valence-electron chi connectivity index (χ0n) is 17.4. The third-order valence-corrected chi connectivity index (χ3v) is 6.43. The second-order valence-corrected chi connectivity index (χ2v) is 8.71. The number of aryl methyl sites for hydroxylation is 1. The van der Waals surface area contributed by atoms with Crippen LogP contribution in [0.15, 0.2) is 60.1 Å². The summed E-state index contributed by atoms with van der Waals surface area (Å²) in [4.78, 5) is 13.9. The normalized spacial score (nSPS) is 17.9. The van der Waals surface area contributed by atoms with Crippen LogP contribution < -0.4 is 10.6 Å². The molecule has 33 heavy (non-hydrogen) atoms. The molecule has 1 aliphatic heterocycles. The first-order valence-electron chi connectivity index (χ1n) is 10.2. The van der Waals surface area contributed by atoms with Gasteiger partial charge in [0.1, 0.15) is 17.2 Å². The van der Waals surface area contributed by atoms with Crippen molar-refractivity contribution in [3.05, 3.63) is 76.2 Å². The maximum atomic E-state index is 13.8. The lowest BCUT2D eigenvalue weighted by atomic mass is 10.0. The number of aromatic nitrogens is 4. The summed E-state index contributed by atoms with van der Waals surface area (Å²) in [6, 6.07) is 12.1. The molecule has 1 amide bonds. The Hall–Kier alpha value is -3.60. The van der Waals surface area contributed by atoms with Crippen molar-refractivity contribution in [3.8, 4) is 5.69 Å². The minimum atomic E-state index is -4.50. The van der Waals surface area contributed by atoms with E-state index in [4.69, 9.17) is 0 Å². The van der Waals surface area contributed by atoms with Gasteiger partial charge in [-0.1, -0.05) is 24.3 Å². The van der Waals surface area contributed by atoms with Crippen molar-refractivity contribution in [1.29, 1.82) is 0 Å². The predicted molar refractivity (Wildman–Crippen MR) is 119 cm³/mol. The van der Waals surface area contributed by atoms with Gasteiger partial charge in [-0.05, 0) is 30.5 Å². The number of para-hydroxylation sites is 1. The highest BCUT2D eigenvalue weighted by Gasteiger charge is 2.47. The number of hydrogen-bond acceptors (Lipinski definition) is 5. The Bertz CT molecular complexity index is 1280. The fourth-order valence-electron chi connectivity index (χ4n) is 3.94. The number of carbonyl (C=O) groups excluding carboxylic acids is 1. The second kappa shape index (κ2) is 8.07. The van der Waals surface area contributed by atoms with E-state index in [-0.39, 0.29) is 17.8 Å². The van der Waals surface area contributed by atoms with Gasteiger partial charge in [0.2, 0.25) is 0 Å². The molecule has 1 aromatic carbocycles. The van der Waals surface area contributed by atoms with Crippen molar-refractivity contribution in [2.24, 2.45) is 0 Å². The van der Waals surface area contributed by atoms with E-state index in [9.17, 15) is 18.0 Å². The molecule has 1 aliphatic rings. The number of alkyl halides is 3. The Morgan fingerprint density at radius 1 is 1.21 bits per heavy atom. The average Bonchev–Trinajstić information content (AvgIpc) is 3.52. The molecule has 0 spiro atoms. The Balaban J connectivity index is 1.49. The Morgan fingerprint density at radius 2 is 2.00 bits per heavy atom. The molecule has 0 bridgehead atoms. The molecule has 11 heteroatoms. The smallest absolute Gasteiger partial charge is 0.362 e. The molecule has 0 aliphatic carbocycles. The van der Waals surface area contributed by atoms with E-state index in [1.807, 2.05) is 35.7 Å². The zero-order chi connectivity index (χ0) is 23.2. The van der Waals surface area contributed by atoms with Crippen LogP contribution in [0.5, 0.6) is 0 Å². The quantitative estimate of drug-likeness (QED) is 0.420. The van der Waals surface area contributed by atoms with Gasteiger partial charge in [-0.2, -0.15) is 23.4 Å². The monoisotopic (exact) mass is 472 g/mol. The highest BCUT2D eigenvalue weighted by molar-refractivity contribution is 7.10. The van der Waals surface area contributed by atoms with Crippen LogP contribution >= 0.6 is 11.3 Å². The van der Waals surface area contributed by atoms with Crippen LogP contribution in [0.2, 0.25) is 0 Å². The van der Waals surface area contributed by atoms with E-state index < -0.39 is 24.2 Å². The minimum absolute atomic E-state index is 0.0315. The molecule has 0 saturated carbocycles. The van der Waals surface area contributed by atoms with E-state index in [1.165, 1.54) is 17.5 Å². The molecule has 7 nitrogen and oxygen atoms in total. The summed E-state index contributed by atoms with van der Waals surface area (Å²) in [5.74, 6) is -0.128. The molecule has 4 heterocycles. The summed E-state index contributed by atoms with van der Waals surface area (Å²) < 4.78 is 43.9. The molecule has 2 atom stereocenters. The van der Waals surface area contributed by atoms with Gasteiger partial charge in [0.25, 0.3) is 5.91 Å². The summed E-state index contributed by atoms with van der Waals surface area (Å²) in [7, 11) is 0. The van der Waals surface area contributed by atoms with Crippen molar-refractivity contribution < 1.29 is 18.0 Å². The van der Waals surface area contributed by atoms with E-state index >= 15 is 0 Å². The number of rotatable bonds is 4. The number of amides is 1. The first-order valence-corrected chi connectivity index (χ1v) is 11.1. The van der Waals surface area contributed by atoms with Crippen molar-refractivity contribution in [2.75, 3.05) is 10.6 Å². The van der Waals surface area contributed by atoms with Crippen LogP contribution in [-0.2, 0) is 0 Å². The lowest BCUT2D eigenvalue weighted by molar-refractivity contribution is -0.173. The fourth-order valence-corrected chi connectivity index (χ4v) is 4.73. The summed E-state index contributed by atoms with van der Waals surface area (Å²) in [6.45, 7) is 1.79. The third-order valence-electron chi connectivity index (χ3n) is 5.44. The van der Waals surface area contributed by atoms with Crippen molar-refractivity contribution in [1.82, 2.24) is 19.6 Å². The molecule has 3 aromatic heterocycles. The summed E-state index contributed by atoms with van der Waals surface area (Å²) >= 11 is 1.37. The number of anilines is 2. The third kappa shape index (κ3) is 3.99. The lowest BCUT2D eigenvalue weighted by Crippen LogP contribution is -2.36. The van der Waals surface area contributed by atoms with Gasteiger partial charge in [-0.25, -0.2) is 9.36 Å². The Morgan fingerprint density at radius 3 is 2.70 bits per heavy atom. The number of nitrogens with zero attached hydrogens (tertiary/aromatic N) is 4. The molecule has 170 valence electrons. The number of benzene rings is 1. The SMILES string of the molecule is Cc1cc(NC(=O)c2cnn3c2N[C@H](c2cccs2)C[C@H]3C(F)(F)F)n(-c2ccccc2)n1. The van der Waals surface area contributed by atoms with Crippen LogP contribution in [-0.4, -0.2) is 31.6 Å². The molecular weight excluding hydrogens is 453 g/mol. The summed E-state index contributed by atoms with van der Waals surface area (Å²) in [6.07, 6.45) is -3.54. The maximum absolute atomic E-state index is 13.8. The van der Waals surface area contributed by atoms with E-state index in [0.29, 0.717) is 11.5 Å². The molecule has 0 radical (unpaired) electrons. The number of hydrogen-bond donors (Lipinski definition) is 2. The van der Waals surface area contributed by atoms with Crippen LogP contribution in [0.1, 0.15) is 39.4 Å².